The monoisotopic (exact) mass is 517 g/mol. The van der Waals surface area contributed by atoms with Gasteiger partial charge in [0.1, 0.15) is 12.3 Å². The van der Waals surface area contributed by atoms with E-state index in [-0.39, 0.29) is 22.6 Å². The van der Waals surface area contributed by atoms with Crippen LogP contribution in [-0.2, 0) is 13.0 Å². The zero-order chi connectivity index (χ0) is 25.1. The molecule has 5 rings (SSSR count). The summed E-state index contributed by atoms with van der Waals surface area (Å²) in [5, 5.41) is 4.90. The van der Waals surface area contributed by atoms with Crippen LogP contribution in [0.1, 0.15) is 22.4 Å². The highest BCUT2D eigenvalue weighted by molar-refractivity contribution is 7.15. The van der Waals surface area contributed by atoms with Crippen LogP contribution in [0.5, 0.6) is 11.5 Å². The normalized spacial score (nSPS) is 11.7. The molecule has 0 aliphatic rings. The van der Waals surface area contributed by atoms with Crippen molar-refractivity contribution in [2.24, 2.45) is 0 Å². The summed E-state index contributed by atoms with van der Waals surface area (Å²) in [7, 11) is 1.56. The molecule has 2 aromatic heterocycles. The summed E-state index contributed by atoms with van der Waals surface area (Å²) >= 11 is 7.04. The third-order valence-corrected chi connectivity index (χ3v) is 6.67. The minimum atomic E-state index is -0.459. The Morgan fingerprint density at radius 1 is 0.972 bits per heavy atom. The Labute approximate surface area is 214 Å². The van der Waals surface area contributed by atoms with Crippen LogP contribution in [0.15, 0.2) is 82.4 Å². The molecular weight excluding hydrogens is 498 g/mol. The quantitative estimate of drug-likeness (QED) is 0.326. The largest absolute Gasteiger partial charge is 0.493 e. The molecule has 0 aliphatic carbocycles. The molecule has 0 spiro atoms. The van der Waals surface area contributed by atoms with Crippen molar-refractivity contribution in [2.45, 2.75) is 13.0 Å². The number of hydrogen-bond acceptors (Lipinski definition) is 7. The number of halogens is 1. The molecule has 7 nitrogen and oxygen atoms in total. The number of methoxy groups -OCH3 is 1. The number of aromatic nitrogens is 3. The third kappa shape index (κ3) is 5.15. The number of hydrogen-bond donors (Lipinski definition) is 0. The maximum Gasteiger partial charge on any atom is 0.296 e. The summed E-state index contributed by atoms with van der Waals surface area (Å²) in [6, 6.07) is 22.4. The number of thiazole rings is 1. The van der Waals surface area contributed by atoms with Crippen LogP contribution in [0.2, 0.25) is 5.02 Å². The van der Waals surface area contributed by atoms with E-state index >= 15 is 0 Å². The van der Waals surface area contributed by atoms with Crippen LogP contribution < -0.4 is 25.1 Å². The maximum absolute atomic E-state index is 13.0. The fourth-order valence-corrected chi connectivity index (χ4v) is 4.66. The van der Waals surface area contributed by atoms with Crippen LogP contribution in [0.25, 0.3) is 11.0 Å². The Hall–Kier alpha value is -4.01. The summed E-state index contributed by atoms with van der Waals surface area (Å²) in [5.41, 5.74) is 2.02. The maximum atomic E-state index is 13.0. The molecule has 180 valence electrons. The zero-order valence-corrected chi connectivity index (χ0v) is 20.8. The van der Waals surface area contributed by atoms with Gasteiger partial charge in [-0.1, -0.05) is 71.5 Å². The summed E-state index contributed by atoms with van der Waals surface area (Å²) in [6.07, 6.45) is 1.97. The first kappa shape index (κ1) is 23.7. The molecule has 0 atom stereocenters. The number of fused-ring (bicyclic) bond motifs is 1. The molecule has 0 radical (unpaired) electrons. The lowest BCUT2D eigenvalue weighted by atomic mass is 10.1. The molecule has 0 amide bonds. The van der Waals surface area contributed by atoms with E-state index in [1.54, 1.807) is 37.5 Å². The van der Waals surface area contributed by atoms with Crippen LogP contribution in [0, 0.1) is 0 Å². The minimum Gasteiger partial charge on any atom is -0.493 e. The van der Waals surface area contributed by atoms with Crippen LogP contribution >= 0.6 is 22.9 Å². The Morgan fingerprint density at radius 2 is 1.75 bits per heavy atom. The van der Waals surface area contributed by atoms with Gasteiger partial charge in [-0.3, -0.25) is 9.59 Å². The predicted octanol–water partition coefficient (Wildman–Crippen LogP) is 3.89. The van der Waals surface area contributed by atoms with Crippen molar-refractivity contribution in [3.8, 4) is 11.5 Å². The molecule has 3 aromatic carbocycles. The SMILES string of the molecule is COc1cc(/C=c2\sc3nc(=O)c(Cc4ccc(Cl)cc4)nn3c2=O)ccc1OCc1ccccc1. The third-order valence-electron chi connectivity index (χ3n) is 5.46. The van der Waals surface area contributed by atoms with Gasteiger partial charge in [0.05, 0.1) is 11.6 Å². The van der Waals surface area contributed by atoms with E-state index in [2.05, 4.69) is 10.1 Å². The molecule has 0 saturated carbocycles. The second kappa shape index (κ2) is 10.3. The van der Waals surface area contributed by atoms with Crippen molar-refractivity contribution in [2.75, 3.05) is 7.11 Å². The Balaban J connectivity index is 1.44. The zero-order valence-electron chi connectivity index (χ0n) is 19.2. The number of ether oxygens (including phenoxy) is 2. The highest BCUT2D eigenvalue weighted by atomic mass is 35.5. The Morgan fingerprint density at radius 3 is 2.50 bits per heavy atom. The van der Waals surface area contributed by atoms with Gasteiger partial charge in [0.25, 0.3) is 11.1 Å². The highest BCUT2D eigenvalue weighted by Crippen LogP contribution is 2.29. The molecule has 0 bridgehead atoms. The van der Waals surface area contributed by atoms with Crippen LogP contribution in [0.3, 0.4) is 0 Å². The number of benzene rings is 3. The van der Waals surface area contributed by atoms with Gasteiger partial charge in [-0.15, -0.1) is 0 Å². The van der Waals surface area contributed by atoms with Gasteiger partial charge in [-0.05, 0) is 47.0 Å². The summed E-state index contributed by atoms with van der Waals surface area (Å²) in [6.45, 7) is 0.408. The van der Waals surface area contributed by atoms with E-state index in [0.29, 0.717) is 27.7 Å². The lowest BCUT2D eigenvalue weighted by molar-refractivity contribution is 0.284. The standard InChI is InChI=1S/C27H20ClN3O4S/c1-34-23-14-19(9-12-22(23)35-16-18-5-3-2-4-6-18)15-24-26(33)31-27(36-24)29-25(32)21(30-31)13-17-7-10-20(28)11-8-17/h2-12,14-15H,13,16H2,1H3/b24-15-. The molecule has 9 heteroatoms. The van der Waals surface area contributed by atoms with Gasteiger partial charge in [-0.2, -0.15) is 14.6 Å². The molecule has 0 aliphatic heterocycles. The van der Waals surface area contributed by atoms with Crippen molar-refractivity contribution in [3.05, 3.63) is 125 Å². The summed E-state index contributed by atoms with van der Waals surface area (Å²) in [4.78, 5) is 29.9. The first-order valence-corrected chi connectivity index (χ1v) is 12.2. The fraction of sp³-hybridized carbons (Fsp3) is 0.111. The van der Waals surface area contributed by atoms with E-state index in [4.69, 9.17) is 21.1 Å². The van der Waals surface area contributed by atoms with Gasteiger partial charge in [0.2, 0.25) is 4.96 Å². The van der Waals surface area contributed by atoms with Gasteiger partial charge < -0.3 is 9.47 Å². The predicted molar refractivity (Wildman–Crippen MR) is 140 cm³/mol. The van der Waals surface area contributed by atoms with E-state index in [1.807, 2.05) is 48.5 Å². The Bertz CT molecular complexity index is 1700. The van der Waals surface area contributed by atoms with Crippen molar-refractivity contribution in [1.82, 2.24) is 14.6 Å². The minimum absolute atomic E-state index is 0.192. The molecule has 0 fully saturated rings. The second-order valence-corrected chi connectivity index (χ2v) is 9.41. The molecule has 0 saturated heterocycles. The van der Waals surface area contributed by atoms with Crippen LogP contribution in [0.4, 0.5) is 0 Å². The van der Waals surface area contributed by atoms with Gasteiger partial charge in [0.15, 0.2) is 11.5 Å². The average Bonchev–Trinajstić information content (AvgIpc) is 3.19. The molecule has 2 heterocycles. The molecule has 0 N–H and O–H groups in total. The van der Waals surface area contributed by atoms with Crippen LogP contribution in [-0.4, -0.2) is 21.7 Å². The fourth-order valence-electron chi connectivity index (χ4n) is 3.63. The topological polar surface area (TPSA) is 82.8 Å². The lowest BCUT2D eigenvalue weighted by Gasteiger charge is -2.11. The first-order valence-electron chi connectivity index (χ1n) is 11.0. The van der Waals surface area contributed by atoms with E-state index in [1.165, 1.54) is 4.52 Å². The Kier molecular flexibility index (Phi) is 6.79. The molecule has 5 aromatic rings. The molecule has 0 unspecified atom stereocenters. The van der Waals surface area contributed by atoms with Crippen molar-refractivity contribution >= 4 is 34.0 Å². The summed E-state index contributed by atoms with van der Waals surface area (Å²) in [5.74, 6) is 1.14. The molecular formula is C27H20ClN3O4S. The van der Waals surface area contributed by atoms with Gasteiger partial charge in [-0.25, -0.2) is 0 Å². The number of nitrogens with zero attached hydrogens (tertiary/aromatic N) is 3. The van der Waals surface area contributed by atoms with Crippen molar-refractivity contribution in [3.63, 3.8) is 0 Å². The number of rotatable bonds is 7. The second-order valence-electron chi connectivity index (χ2n) is 7.96. The van der Waals surface area contributed by atoms with E-state index < -0.39 is 5.56 Å². The first-order chi connectivity index (χ1) is 17.5. The van der Waals surface area contributed by atoms with Crippen molar-refractivity contribution < 1.29 is 9.47 Å². The summed E-state index contributed by atoms with van der Waals surface area (Å²) < 4.78 is 13.0. The van der Waals surface area contributed by atoms with E-state index in [0.717, 1.165) is 28.0 Å². The lowest BCUT2D eigenvalue weighted by Crippen LogP contribution is -2.28. The average molecular weight is 518 g/mol. The van der Waals surface area contributed by atoms with Crippen molar-refractivity contribution in [1.29, 1.82) is 0 Å². The van der Waals surface area contributed by atoms with E-state index in [9.17, 15) is 9.59 Å². The highest BCUT2D eigenvalue weighted by Gasteiger charge is 2.12. The molecule has 36 heavy (non-hydrogen) atoms. The van der Waals surface area contributed by atoms with Gasteiger partial charge in [0, 0.05) is 11.4 Å². The smallest absolute Gasteiger partial charge is 0.296 e. The van der Waals surface area contributed by atoms with Gasteiger partial charge >= 0.3 is 0 Å².